The number of hydrogen-bond acceptors (Lipinski definition) is 4. The Bertz CT molecular complexity index is 1100. The van der Waals surface area contributed by atoms with E-state index < -0.39 is 0 Å². The predicted molar refractivity (Wildman–Crippen MR) is 113 cm³/mol. The summed E-state index contributed by atoms with van der Waals surface area (Å²) in [5, 5.41) is 15.2. The van der Waals surface area contributed by atoms with E-state index in [0.717, 1.165) is 23.2 Å². The number of nitrogens with zero attached hydrogens (tertiary/aromatic N) is 2. The van der Waals surface area contributed by atoms with Crippen LogP contribution in [0.25, 0.3) is 11.4 Å². The summed E-state index contributed by atoms with van der Waals surface area (Å²) in [6.45, 7) is 2.07. The normalized spacial score (nSPS) is 14.0. The summed E-state index contributed by atoms with van der Waals surface area (Å²) in [6.07, 6.45) is 6.92. The Balaban J connectivity index is 1.72. The fraction of sp³-hybridized carbons (Fsp3) is 0.174. The number of para-hydroxylation sites is 1. The fourth-order valence-electron chi connectivity index (χ4n) is 3.27. The number of benzene rings is 2. The Labute approximate surface area is 163 Å². The van der Waals surface area contributed by atoms with E-state index in [9.17, 15) is 4.79 Å². The molecule has 140 valence electrons. The van der Waals surface area contributed by atoms with Gasteiger partial charge in [0.05, 0.1) is 11.4 Å². The summed E-state index contributed by atoms with van der Waals surface area (Å²) in [5.41, 5.74) is 4.85. The van der Waals surface area contributed by atoms with E-state index >= 15 is 0 Å². The molecule has 0 amide bonds. The molecule has 0 atom stereocenters. The summed E-state index contributed by atoms with van der Waals surface area (Å²) < 4.78 is 1.73. The van der Waals surface area contributed by atoms with Crippen LogP contribution in [0, 0.1) is 12.3 Å². The number of rotatable bonds is 6. The number of hydrogen-bond donors (Lipinski definition) is 2. The van der Waals surface area contributed by atoms with Gasteiger partial charge in [0.1, 0.15) is 0 Å². The molecule has 28 heavy (non-hydrogen) atoms. The smallest absolute Gasteiger partial charge is 0.209 e. The van der Waals surface area contributed by atoms with E-state index in [1.165, 1.54) is 24.5 Å². The van der Waals surface area contributed by atoms with Gasteiger partial charge in [-0.2, -0.15) is 5.10 Å². The van der Waals surface area contributed by atoms with Gasteiger partial charge in [0, 0.05) is 24.2 Å². The molecule has 1 saturated carbocycles. The zero-order valence-electron chi connectivity index (χ0n) is 15.7. The monoisotopic (exact) mass is 370 g/mol. The van der Waals surface area contributed by atoms with E-state index in [0.29, 0.717) is 11.6 Å². The lowest BCUT2D eigenvalue weighted by molar-refractivity contribution is 0.818. The predicted octanol–water partition coefficient (Wildman–Crippen LogP) is 4.52. The molecule has 5 heteroatoms. The Morgan fingerprint density at radius 3 is 2.64 bits per heavy atom. The van der Waals surface area contributed by atoms with Crippen LogP contribution in [0.4, 0.5) is 5.69 Å². The van der Waals surface area contributed by atoms with Gasteiger partial charge >= 0.3 is 0 Å². The molecule has 1 aromatic heterocycles. The minimum Gasteiger partial charge on any atom is -0.354 e. The molecule has 1 aliphatic rings. The van der Waals surface area contributed by atoms with Crippen LogP contribution in [0.2, 0.25) is 0 Å². The lowest BCUT2D eigenvalue weighted by Crippen LogP contribution is -2.18. The van der Waals surface area contributed by atoms with Crippen molar-refractivity contribution in [3.8, 4) is 5.69 Å². The molecule has 2 aromatic carbocycles. The number of allylic oxidation sites excluding steroid dienone is 1. The van der Waals surface area contributed by atoms with Crippen molar-refractivity contribution in [2.24, 2.45) is 0 Å². The number of anilines is 1. The zero-order valence-corrected chi connectivity index (χ0v) is 15.7. The largest absolute Gasteiger partial charge is 0.354 e. The van der Waals surface area contributed by atoms with Crippen LogP contribution in [-0.4, -0.2) is 16.0 Å². The molecule has 1 heterocycles. The van der Waals surface area contributed by atoms with Gasteiger partial charge < -0.3 is 10.7 Å². The van der Waals surface area contributed by atoms with Crippen molar-refractivity contribution < 1.29 is 0 Å². The van der Waals surface area contributed by atoms with Crippen molar-refractivity contribution in [2.75, 3.05) is 5.32 Å². The van der Waals surface area contributed by atoms with Gasteiger partial charge in [0.2, 0.25) is 5.43 Å². The quantitative estimate of drug-likeness (QED) is 0.627. The van der Waals surface area contributed by atoms with E-state index in [-0.39, 0.29) is 11.1 Å². The summed E-state index contributed by atoms with van der Waals surface area (Å²) >= 11 is 0. The third-order valence-electron chi connectivity index (χ3n) is 4.88. The topological polar surface area (TPSA) is 70.8 Å². The number of aryl methyl sites for hydroxylation is 1. The first-order valence-corrected chi connectivity index (χ1v) is 9.40. The second kappa shape index (κ2) is 7.64. The van der Waals surface area contributed by atoms with Crippen LogP contribution in [0.5, 0.6) is 0 Å². The molecule has 1 fully saturated rings. The lowest BCUT2D eigenvalue weighted by Gasteiger charge is -2.14. The van der Waals surface area contributed by atoms with Crippen molar-refractivity contribution in [3.63, 3.8) is 0 Å². The molecule has 5 nitrogen and oxygen atoms in total. The molecule has 0 unspecified atom stereocenters. The summed E-state index contributed by atoms with van der Waals surface area (Å²) in [5.74, 6) is 0.697. The van der Waals surface area contributed by atoms with Crippen LogP contribution < -0.4 is 10.7 Å². The maximum Gasteiger partial charge on any atom is 0.209 e. The maximum atomic E-state index is 12.5. The standard InChI is InChI=1S/C23H22N4O/c1-16-15-18(17-7-8-17)9-10-21(16)27-14-12-22(28)23(26-27)20(11-13-24)25-19-5-3-2-4-6-19/h2-6,9-15,17,24-25H,7-8H2,1H3/b20-11-,24-13?. The van der Waals surface area contributed by atoms with E-state index in [4.69, 9.17) is 5.41 Å². The highest BCUT2D eigenvalue weighted by molar-refractivity contribution is 5.86. The molecule has 0 saturated heterocycles. The molecule has 3 aromatic rings. The van der Waals surface area contributed by atoms with Crippen LogP contribution in [0.1, 0.15) is 35.6 Å². The molecule has 0 bridgehead atoms. The Hall–Kier alpha value is -3.47. The Morgan fingerprint density at radius 2 is 1.96 bits per heavy atom. The molecule has 2 N–H and O–H groups in total. The molecule has 0 radical (unpaired) electrons. The average Bonchev–Trinajstić information content (AvgIpc) is 3.54. The van der Waals surface area contributed by atoms with Crippen LogP contribution in [0.15, 0.2) is 71.7 Å². The van der Waals surface area contributed by atoms with Crippen molar-refractivity contribution in [1.29, 1.82) is 5.41 Å². The van der Waals surface area contributed by atoms with Crippen LogP contribution in [-0.2, 0) is 0 Å². The molecular formula is C23H22N4O. The molecular weight excluding hydrogens is 348 g/mol. The second-order valence-corrected chi connectivity index (χ2v) is 7.03. The SMILES string of the molecule is Cc1cc(C2CC2)ccc1-n1ccc(=O)c(/C(=C/C=N)Nc2ccccc2)n1. The van der Waals surface area contributed by atoms with Crippen molar-refractivity contribution in [1.82, 2.24) is 9.78 Å². The number of nitrogens with one attached hydrogen (secondary N) is 2. The van der Waals surface area contributed by atoms with Crippen molar-refractivity contribution in [2.45, 2.75) is 25.7 Å². The van der Waals surface area contributed by atoms with Crippen molar-refractivity contribution in [3.05, 3.63) is 93.9 Å². The Morgan fingerprint density at radius 1 is 1.18 bits per heavy atom. The first-order valence-electron chi connectivity index (χ1n) is 9.40. The first-order chi connectivity index (χ1) is 13.7. The van der Waals surface area contributed by atoms with E-state index in [1.807, 2.05) is 30.3 Å². The highest BCUT2D eigenvalue weighted by atomic mass is 16.1. The minimum atomic E-state index is -0.194. The van der Waals surface area contributed by atoms with Gasteiger partial charge in [-0.3, -0.25) is 4.79 Å². The fourth-order valence-corrected chi connectivity index (χ4v) is 3.27. The van der Waals surface area contributed by atoms with Crippen molar-refractivity contribution >= 4 is 17.6 Å². The lowest BCUT2D eigenvalue weighted by atomic mass is 10.1. The first kappa shape index (κ1) is 17.9. The van der Waals surface area contributed by atoms with Crippen LogP contribution in [0.3, 0.4) is 0 Å². The third-order valence-corrected chi connectivity index (χ3v) is 4.88. The summed E-state index contributed by atoms with van der Waals surface area (Å²) in [7, 11) is 0. The zero-order chi connectivity index (χ0) is 19.5. The molecule has 1 aliphatic carbocycles. The Kier molecular flexibility index (Phi) is 4.89. The van der Waals surface area contributed by atoms with Gasteiger partial charge in [-0.05, 0) is 61.1 Å². The number of aromatic nitrogens is 2. The third kappa shape index (κ3) is 3.78. The molecule has 0 aliphatic heterocycles. The van der Waals surface area contributed by atoms with Gasteiger partial charge in [-0.25, -0.2) is 4.68 Å². The average molecular weight is 370 g/mol. The van der Waals surface area contributed by atoms with E-state index in [1.54, 1.807) is 17.0 Å². The van der Waals surface area contributed by atoms with Gasteiger partial charge in [-0.1, -0.05) is 30.3 Å². The minimum absolute atomic E-state index is 0.194. The van der Waals surface area contributed by atoms with Gasteiger partial charge in [0.25, 0.3) is 0 Å². The van der Waals surface area contributed by atoms with Gasteiger partial charge in [-0.15, -0.1) is 0 Å². The van der Waals surface area contributed by atoms with Gasteiger partial charge in [0.15, 0.2) is 5.69 Å². The highest BCUT2D eigenvalue weighted by Gasteiger charge is 2.23. The molecule has 4 rings (SSSR count). The van der Waals surface area contributed by atoms with Crippen LogP contribution >= 0.6 is 0 Å². The summed E-state index contributed by atoms with van der Waals surface area (Å²) in [4.78, 5) is 12.5. The maximum absolute atomic E-state index is 12.5. The van der Waals surface area contributed by atoms with E-state index in [2.05, 4.69) is 35.5 Å². The summed E-state index contributed by atoms with van der Waals surface area (Å²) in [6, 6.07) is 17.5. The second-order valence-electron chi connectivity index (χ2n) is 7.03. The molecule has 0 spiro atoms. The highest BCUT2D eigenvalue weighted by Crippen LogP contribution is 2.40.